The first kappa shape index (κ1) is 39.2. The van der Waals surface area contributed by atoms with Gasteiger partial charge in [0.05, 0.1) is 33.3 Å². The number of aromatic nitrogens is 4. The largest absolute Gasteiger partial charge is 0.309 e. The zero-order valence-electron chi connectivity index (χ0n) is 38.9. The predicted molar refractivity (Wildman–Crippen MR) is 303 cm³/mol. The zero-order valence-corrected chi connectivity index (χ0v) is 38.9. The van der Waals surface area contributed by atoms with E-state index >= 15 is 0 Å². The second-order valence-corrected chi connectivity index (χ2v) is 19.2. The fraction of sp³-hybridized carbons (Fsp3) is 0. The number of hydrogen-bond acceptors (Lipinski definition) is 2. The maximum Gasteiger partial charge on any atom is 0.235 e. The molecule has 0 unspecified atom stereocenters. The van der Waals surface area contributed by atoms with E-state index in [1.807, 2.05) is 0 Å². The molecule has 332 valence electrons. The van der Waals surface area contributed by atoms with Crippen molar-refractivity contribution in [2.24, 2.45) is 0 Å². The Hall–Kier alpha value is -9.64. The van der Waals surface area contributed by atoms with Crippen molar-refractivity contribution in [3.63, 3.8) is 0 Å². The van der Waals surface area contributed by atoms with Gasteiger partial charge in [0.15, 0.2) is 0 Å². The molecule has 0 spiro atoms. The fourth-order valence-corrected chi connectivity index (χ4v) is 12.3. The number of hydrogen-bond donors (Lipinski definition) is 0. The van der Waals surface area contributed by atoms with Gasteiger partial charge < -0.3 is 4.57 Å². The highest BCUT2D eigenvalue weighted by atomic mass is 15.2. The van der Waals surface area contributed by atoms with E-state index in [2.05, 4.69) is 252 Å². The maximum absolute atomic E-state index is 5.59. The molecule has 0 aliphatic heterocycles. The van der Waals surface area contributed by atoms with Gasteiger partial charge in [-0.2, -0.15) is 0 Å². The summed E-state index contributed by atoms with van der Waals surface area (Å²) in [5.74, 6) is 0.645. The van der Waals surface area contributed by atoms with Gasteiger partial charge in [-0.15, -0.1) is 0 Å². The molecule has 72 heavy (non-hydrogen) atoms. The van der Waals surface area contributed by atoms with Crippen molar-refractivity contribution in [1.82, 2.24) is 19.1 Å². The molecule has 3 aromatic heterocycles. The monoisotopic (exact) mass is 912 g/mol. The molecule has 0 N–H and O–H groups in total. The van der Waals surface area contributed by atoms with Crippen LogP contribution in [0.2, 0.25) is 0 Å². The van der Waals surface area contributed by atoms with Crippen LogP contribution in [0.15, 0.2) is 243 Å². The van der Waals surface area contributed by atoms with Crippen LogP contribution in [0.4, 0.5) is 0 Å². The second kappa shape index (κ2) is 14.9. The number of fused-ring (bicyclic) bond motifs is 12. The molecule has 0 aliphatic carbocycles. The van der Waals surface area contributed by atoms with Crippen molar-refractivity contribution < 1.29 is 0 Å². The summed E-state index contributed by atoms with van der Waals surface area (Å²) in [5.41, 5.74) is 13.3. The van der Waals surface area contributed by atoms with Crippen LogP contribution in [0.5, 0.6) is 0 Å². The molecule has 16 rings (SSSR count). The molecule has 0 aliphatic rings. The van der Waals surface area contributed by atoms with Crippen molar-refractivity contribution in [2.45, 2.75) is 0 Å². The Balaban J connectivity index is 0.974. The lowest BCUT2D eigenvalue weighted by atomic mass is 9.87. The van der Waals surface area contributed by atoms with Gasteiger partial charge >= 0.3 is 0 Å². The van der Waals surface area contributed by atoms with Crippen LogP contribution in [0, 0.1) is 0 Å². The summed E-state index contributed by atoms with van der Waals surface area (Å²) >= 11 is 0. The van der Waals surface area contributed by atoms with E-state index in [4.69, 9.17) is 9.97 Å². The summed E-state index contributed by atoms with van der Waals surface area (Å²) in [4.78, 5) is 11.0. The van der Waals surface area contributed by atoms with Crippen LogP contribution in [-0.2, 0) is 0 Å². The van der Waals surface area contributed by atoms with Gasteiger partial charge in [0, 0.05) is 38.2 Å². The third-order valence-corrected chi connectivity index (χ3v) is 15.5. The first-order valence-electron chi connectivity index (χ1n) is 24.7. The van der Waals surface area contributed by atoms with E-state index < -0.39 is 0 Å². The lowest BCUT2D eigenvalue weighted by Gasteiger charge is -2.17. The third-order valence-electron chi connectivity index (χ3n) is 15.5. The highest BCUT2D eigenvalue weighted by Crippen LogP contribution is 2.49. The predicted octanol–water partition coefficient (Wildman–Crippen LogP) is 18.0. The minimum Gasteiger partial charge on any atom is -0.309 e. The Morgan fingerprint density at radius 2 is 0.750 bits per heavy atom. The molecular formula is C68H40N4. The third kappa shape index (κ3) is 5.52. The van der Waals surface area contributed by atoms with Gasteiger partial charge in [0.1, 0.15) is 0 Å². The molecule has 3 heterocycles. The van der Waals surface area contributed by atoms with E-state index in [1.54, 1.807) is 0 Å². The lowest BCUT2D eigenvalue weighted by Crippen LogP contribution is -2.03. The Morgan fingerprint density at radius 3 is 1.44 bits per heavy atom. The van der Waals surface area contributed by atoms with Crippen molar-refractivity contribution >= 4 is 108 Å². The molecule has 4 nitrogen and oxygen atoms in total. The average molecular weight is 913 g/mol. The quantitative estimate of drug-likeness (QED) is 0.127. The first-order valence-corrected chi connectivity index (χ1v) is 24.7. The Morgan fingerprint density at radius 1 is 0.264 bits per heavy atom. The molecule has 4 heteroatoms. The molecule has 16 aromatic rings. The Labute approximate surface area is 413 Å². The average Bonchev–Trinajstić information content (AvgIpc) is 3.97. The molecule has 0 bridgehead atoms. The standard InChI is InChI=1S/C68H40N4/c1-2-15-41(16-3-1)42-35-37-46(38-36-42)71-59-29-10-7-21-52(59)65-54-26-13-24-49-50-25-14-27-55-64(50)57(56(63(49)54)39-61(65)71)40-62-66(55)53-22-8-11-30-60(53)72(62)68-69-58-28-9-6-20-51(58)67(70-68)45-33-31-44(32-34-45)48-23-12-18-43-17-4-5-19-47(43)48/h1-40H. The van der Waals surface area contributed by atoms with Gasteiger partial charge in [0.2, 0.25) is 5.95 Å². The maximum atomic E-state index is 5.59. The molecule has 0 amide bonds. The zero-order chi connectivity index (χ0) is 47.0. The summed E-state index contributed by atoms with van der Waals surface area (Å²) < 4.78 is 4.78. The Kier molecular flexibility index (Phi) is 8.14. The topological polar surface area (TPSA) is 35.6 Å². The summed E-state index contributed by atoms with van der Waals surface area (Å²) in [6, 6.07) is 88.5. The lowest BCUT2D eigenvalue weighted by molar-refractivity contribution is 1.01. The smallest absolute Gasteiger partial charge is 0.235 e. The van der Waals surface area contributed by atoms with Crippen LogP contribution in [-0.4, -0.2) is 19.1 Å². The van der Waals surface area contributed by atoms with Crippen LogP contribution in [0.25, 0.3) is 154 Å². The van der Waals surface area contributed by atoms with Crippen molar-refractivity contribution in [1.29, 1.82) is 0 Å². The van der Waals surface area contributed by atoms with E-state index in [0.717, 1.165) is 38.9 Å². The van der Waals surface area contributed by atoms with Crippen molar-refractivity contribution in [3.05, 3.63) is 243 Å². The molecule has 0 fully saturated rings. The van der Waals surface area contributed by atoms with E-state index in [1.165, 1.54) is 109 Å². The SMILES string of the molecule is c1ccc(-c2ccc(-n3c4ccccc4c4c5cccc6c7cccc8c7c(cc7c8c8ccccc8n7-c7nc(-c8ccc(-c9cccc%10ccccc9%10)cc8)c8ccccc8n7)c(cc43)c65)cc2)cc1. The minimum atomic E-state index is 0.645. The van der Waals surface area contributed by atoms with Gasteiger partial charge in [-0.3, -0.25) is 4.57 Å². The van der Waals surface area contributed by atoms with Crippen LogP contribution < -0.4 is 0 Å². The highest BCUT2D eigenvalue weighted by molar-refractivity contribution is 6.41. The second-order valence-electron chi connectivity index (χ2n) is 19.2. The molecule has 13 aromatic carbocycles. The molecular weight excluding hydrogens is 873 g/mol. The normalized spacial score (nSPS) is 12.2. The molecule has 0 saturated heterocycles. The number of para-hydroxylation sites is 3. The van der Waals surface area contributed by atoms with Gasteiger partial charge in [-0.25, -0.2) is 9.97 Å². The van der Waals surface area contributed by atoms with E-state index in [-0.39, 0.29) is 0 Å². The van der Waals surface area contributed by atoms with E-state index in [0.29, 0.717) is 5.95 Å². The Bertz CT molecular complexity index is 4880. The number of rotatable bonds is 5. The fourth-order valence-electron chi connectivity index (χ4n) is 12.3. The van der Waals surface area contributed by atoms with Gasteiger partial charge in [-0.05, 0) is 119 Å². The van der Waals surface area contributed by atoms with Gasteiger partial charge in [0.25, 0.3) is 0 Å². The minimum absolute atomic E-state index is 0.645. The number of benzene rings is 13. The van der Waals surface area contributed by atoms with Gasteiger partial charge in [-0.1, -0.05) is 200 Å². The van der Waals surface area contributed by atoms with Crippen LogP contribution >= 0.6 is 0 Å². The highest BCUT2D eigenvalue weighted by Gasteiger charge is 2.25. The molecule has 0 saturated carbocycles. The van der Waals surface area contributed by atoms with Crippen LogP contribution in [0.3, 0.4) is 0 Å². The van der Waals surface area contributed by atoms with Crippen molar-refractivity contribution in [2.75, 3.05) is 0 Å². The summed E-state index contributed by atoms with van der Waals surface area (Å²) in [6.07, 6.45) is 0. The number of nitrogens with zero attached hydrogens (tertiary/aromatic N) is 4. The summed E-state index contributed by atoms with van der Waals surface area (Å²) in [7, 11) is 0. The first-order chi connectivity index (χ1) is 35.7. The van der Waals surface area contributed by atoms with Crippen molar-refractivity contribution in [3.8, 4) is 45.1 Å². The molecule has 0 atom stereocenters. The molecule has 0 radical (unpaired) electrons. The summed E-state index contributed by atoms with van der Waals surface area (Å²) in [5, 5.41) is 18.4. The summed E-state index contributed by atoms with van der Waals surface area (Å²) in [6.45, 7) is 0. The van der Waals surface area contributed by atoms with E-state index in [9.17, 15) is 0 Å². The van der Waals surface area contributed by atoms with Crippen LogP contribution in [0.1, 0.15) is 0 Å².